The Balaban J connectivity index is 2.25. The van der Waals surface area contributed by atoms with Gasteiger partial charge in [-0.3, -0.25) is 4.90 Å². The van der Waals surface area contributed by atoms with Crippen molar-refractivity contribution in [2.75, 3.05) is 33.7 Å². The van der Waals surface area contributed by atoms with Gasteiger partial charge in [0.05, 0.1) is 12.1 Å². The van der Waals surface area contributed by atoms with Crippen LogP contribution in [-0.4, -0.2) is 54.7 Å². The Hall–Kier alpha value is -0.900. The summed E-state index contributed by atoms with van der Waals surface area (Å²) in [4.78, 5) is 4.62. The van der Waals surface area contributed by atoms with E-state index in [2.05, 4.69) is 55.9 Å². The number of aliphatic hydroxyl groups is 1. The Morgan fingerprint density at radius 3 is 2.68 bits per heavy atom. The maximum Gasteiger partial charge on any atom is 0.0960 e. The molecule has 0 radical (unpaired) electrons. The molecular formula is C16H26N2O. The number of hydrogen-bond acceptors (Lipinski definition) is 3. The molecule has 1 aromatic carbocycles. The lowest BCUT2D eigenvalue weighted by Gasteiger charge is -2.32. The number of benzene rings is 1. The van der Waals surface area contributed by atoms with Gasteiger partial charge in [0, 0.05) is 6.54 Å². The summed E-state index contributed by atoms with van der Waals surface area (Å²) in [6.07, 6.45) is 0.758. The zero-order chi connectivity index (χ0) is 14.0. The van der Waals surface area contributed by atoms with E-state index < -0.39 is 6.10 Å². The lowest BCUT2D eigenvalue weighted by atomic mass is 9.95. The highest BCUT2D eigenvalue weighted by atomic mass is 16.3. The van der Waals surface area contributed by atoms with Crippen LogP contribution in [0.5, 0.6) is 0 Å². The molecule has 0 bridgehead atoms. The summed E-state index contributed by atoms with van der Waals surface area (Å²) in [7, 11) is 4.26. The maximum absolute atomic E-state index is 10.8. The molecular weight excluding hydrogens is 236 g/mol. The standard InChI is InChI=1S/C16H26N2O/c1-12-6-7-13(2)14(10-12)16(19)15-11-17(3)8-5-9-18(15)4/h6-7,10,15-16,19H,5,8-9,11H2,1-4H3. The van der Waals surface area contributed by atoms with Crippen LogP contribution in [-0.2, 0) is 0 Å². The van der Waals surface area contributed by atoms with Gasteiger partial charge < -0.3 is 10.0 Å². The number of hydrogen-bond donors (Lipinski definition) is 1. The monoisotopic (exact) mass is 262 g/mol. The van der Waals surface area contributed by atoms with Gasteiger partial charge in [-0.05, 0) is 58.6 Å². The number of rotatable bonds is 2. The highest BCUT2D eigenvalue weighted by Gasteiger charge is 2.28. The van der Waals surface area contributed by atoms with E-state index in [-0.39, 0.29) is 6.04 Å². The fourth-order valence-corrected chi connectivity index (χ4v) is 2.93. The smallest absolute Gasteiger partial charge is 0.0960 e. The van der Waals surface area contributed by atoms with E-state index >= 15 is 0 Å². The Morgan fingerprint density at radius 1 is 1.21 bits per heavy atom. The van der Waals surface area contributed by atoms with Crippen molar-refractivity contribution in [3.05, 3.63) is 34.9 Å². The second-order valence-corrected chi connectivity index (χ2v) is 5.97. The Morgan fingerprint density at radius 2 is 1.95 bits per heavy atom. The molecule has 1 aliphatic heterocycles. The van der Waals surface area contributed by atoms with E-state index in [1.807, 2.05) is 0 Å². The topological polar surface area (TPSA) is 26.7 Å². The summed E-state index contributed by atoms with van der Waals surface area (Å²) in [5.41, 5.74) is 3.47. The van der Waals surface area contributed by atoms with E-state index in [0.717, 1.165) is 25.2 Å². The zero-order valence-corrected chi connectivity index (χ0v) is 12.6. The normalized spacial score (nSPS) is 24.2. The third-order valence-electron chi connectivity index (χ3n) is 4.23. The van der Waals surface area contributed by atoms with Gasteiger partial charge >= 0.3 is 0 Å². The van der Waals surface area contributed by atoms with Gasteiger partial charge in [-0.25, -0.2) is 0 Å². The molecule has 0 spiro atoms. The Bertz CT molecular complexity index is 433. The molecule has 3 nitrogen and oxygen atoms in total. The van der Waals surface area contributed by atoms with Crippen LogP contribution in [0.25, 0.3) is 0 Å². The van der Waals surface area contributed by atoms with Gasteiger partial charge in [-0.2, -0.15) is 0 Å². The van der Waals surface area contributed by atoms with E-state index in [4.69, 9.17) is 0 Å². The number of aliphatic hydroxyl groups excluding tert-OH is 1. The van der Waals surface area contributed by atoms with Crippen molar-refractivity contribution >= 4 is 0 Å². The van der Waals surface area contributed by atoms with Crippen molar-refractivity contribution in [1.29, 1.82) is 0 Å². The summed E-state index contributed by atoms with van der Waals surface area (Å²) >= 11 is 0. The van der Waals surface area contributed by atoms with Crippen LogP contribution in [0.15, 0.2) is 18.2 Å². The third-order valence-corrected chi connectivity index (χ3v) is 4.23. The summed E-state index contributed by atoms with van der Waals surface area (Å²) in [6.45, 7) is 7.25. The van der Waals surface area contributed by atoms with E-state index in [0.29, 0.717) is 0 Å². The molecule has 2 atom stereocenters. The summed E-state index contributed by atoms with van der Waals surface area (Å²) in [5.74, 6) is 0. The first-order valence-corrected chi connectivity index (χ1v) is 7.13. The van der Waals surface area contributed by atoms with Crippen LogP contribution in [0.4, 0.5) is 0 Å². The van der Waals surface area contributed by atoms with E-state index in [9.17, 15) is 5.11 Å². The molecule has 0 aliphatic carbocycles. The number of nitrogens with zero attached hydrogens (tertiary/aromatic N) is 2. The fraction of sp³-hybridized carbons (Fsp3) is 0.625. The molecule has 2 rings (SSSR count). The summed E-state index contributed by atoms with van der Waals surface area (Å²) < 4.78 is 0. The molecule has 1 aromatic rings. The molecule has 0 amide bonds. The molecule has 1 saturated heterocycles. The second kappa shape index (κ2) is 6.04. The van der Waals surface area contributed by atoms with Gasteiger partial charge in [0.1, 0.15) is 0 Å². The molecule has 3 heteroatoms. The van der Waals surface area contributed by atoms with Gasteiger partial charge in [-0.15, -0.1) is 0 Å². The summed E-state index contributed by atoms with van der Waals surface area (Å²) in [6, 6.07) is 6.51. The largest absolute Gasteiger partial charge is 0.387 e. The fourth-order valence-electron chi connectivity index (χ4n) is 2.93. The number of likely N-dealkylation sites (N-methyl/N-ethyl adjacent to an activating group) is 2. The molecule has 2 unspecified atom stereocenters. The first-order chi connectivity index (χ1) is 8.99. The second-order valence-electron chi connectivity index (χ2n) is 5.97. The first-order valence-electron chi connectivity index (χ1n) is 7.13. The van der Waals surface area contributed by atoms with Crippen molar-refractivity contribution < 1.29 is 5.11 Å². The highest BCUT2D eigenvalue weighted by Crippen LogP contribution is 2.26. The molecule has 1 heterocycles. The molecule has 106 valence electrons. The van der Waals surface area contributed by atoms with E-state index in [1.165, 1.54) is 17.5 Å². The van der Waals surface area contributed by atoms with Gasteiger partial charge in [0.15, 0.2) is 0 Å². The van der Waals surface area contributed by atoms with Crippen molar-refractivity contribution in [3.63, 3.8) is 0 Å². The highest BCUT2D eigenvalue weighted by molar-refractivity contribution is 5.33. The van der Waals surface area contributed by atoms with E-state index in [1.54, 1.807) is 0 Å². The predicted octanol–water partition coefficient (Wildman–Crippen LogP) is 1.97. The molecule has 0 aromatic heterocycles. The minimum absolute atomic E-state index is 0.174. The van der Waals surface area contributed by atoms with Crippen LogP contribution < -0.4 is 0 Å². The Labute approximate surface area is 116 Å². The SMILES string of the molecule is Cc1ccc(C)c(C(O)C2CN(C)CCCN2C)c1. The van der Waals surface area contributed by atoms with Gasteiger partial charge in [0.2, 0.25) is 0 Å². The van der Waals surface area contributed by atoms with Crippen molar-refractivity contribution in [2.45, 2.75) is 32.4 Å². The first kappa shape index (κ1) is 14.5. The lowest BCUT2D eigenvalue weighted by Crippen LogP contribution is -2.42. The van der Waals surface area contributed by atoms with Crippen molar-refractivity contribution in [2.24, 2.45) is 0 Å². The molecule has 1 N–H and O–H groups in total. The minimum Gasteiger partial charge on any atom is -0.387 e. The van der Waals surface area contributed by atoms with Gasteiger partial charge in [-0.1, -0.05) is 23.8 Å². The quantitative estimate of drug-likeness (QED) is 0.883. The average molecular weight is 262 g/mol. The van der Waals surface area contributed by atoms with Gasteiger partial charge in [0.25, 0.3) is 0 Å². The van der Waals surface area contributed by atoms with Crippen LogP contribution in [0.2, 0.25) is 0 Å². The average Bonchev–Trinajstić information content (AvgIpc) is 2.53. The minimum atomic E-state index is -0.412. The number of aryl methyl sites for hydroxylation is 2. The lowest BCUT2D eigenvalue weighted by molar-refractivity contribution is 0.0568. The zero-order valence-electron chi connectivity index (χ0n) is 12.6. The van der Waals surface area contributed by atoms with Crippen LogP contribution in [0, 0.1) is 13.8 Å². The maximum atomic E-state index is 10.8. The van der Waals surface area contributed by atoms with Crippen molar-refractivity contribution in [1.82, 2.24) is 9.80 Å². The van der Waals surface area contributed by atoms with Crippen LogP contribution in [0.3, 0.4) is 0 Å². The van der Waals surface area contributed by atoms with Crippen molar-refractivity contribution in [3.8, 4) is 0 Å². The molecule has 1 aliphatic rings. The third kappa shape index (κ3) is 3.35. The molecule has 19 heavy (non-hydrogen) atoms. The van der Waals surface area contributed by atoms with Crippen LogP contribution >= 0.6 is 0 Å². The summed E-state index contributed by atoms with van der Waals surface area (Å²) in [5, 5.41) is 10.8. The molecule has 1 fully saturated rings. The van der Waals surface area contributed by atoms with Crippen LogP contribution in [0.1, 0.15) is 29.2 Å². The Kier molecular flexibility index (Phi) is 4.61. The molecule has 0 saturated carbocycles. The predicted molar refractivity (Wildman–Crippen MR) is 79.4 cm³/mol.